The van der Waals surface area contributed by atoms with Crippen LogP contribution in [-0.2, 0) is 9.68 Å². The van der Waals surface area contributed by atoms with E-state index < -0.39 is 5.97 Å². The first-order valence-corrected chi connectivity index (χ1v) is 5.05. The molecular formula is C7H13NO3S. The van der Waals surface area contributed by atoms with Crippen molar-refractivity contribution in [2.24, 2.45) is 0 Å². The minimum absolute atomic E-state index is 0.296. The van der Waals surface area contributed by atoms with Crippen LogP contribution in [-0.4, -0.2) is 40.3 Å². The molecule has 0 spiro atoms. The Hall–Kier alpha value is -0.260. The molecule has 0 bridgehead atoms. The van der Waals surface area contributed by atoms with Gasteiger partial charge in [0.25, 0.3) is 0 Å². The molecule has 1 atom stereocenters. The van der Waals surface area contributed by atoms with Crippen molar-refractivity contribution in [2.45, 2.75) is 18.7 Å². The minimum atomic E-state index is -0.550. The van der Waals surface area contributed by atoms with Gasteiger partial charge in [-0.15, -0.1) is 11.8 Å². The molecule has 0 amide bonds. The van der Waals surface area contributed by atoms with Crippen LogP contribution in [0.25, 0.3) is 0 Å². The fraction of sp³-hybridized carbons (Fsp3) is 0.857. The summed E-state index contributed by atoms with van der Waals surface area (Å²) in [5.74, 6) is 0.380. The first-order chi connectivity index (χ1) is 5.79. The minimum Gasteiger partial charge on any atom is -0.298 e. The molecule has 0 aliphatic carbocycles. The van der Waals surface area contributed by atoms with Crippen LogP contribution < -0.4 is 0 Å². The van der Waals surface area contributed by atoms with Crippen LogP contribution in [0.3, 0.4) is 0 Å². The van der Waals surface area contributed by atoms with Crippen LogP contribution in [0.5, 0.6) is 0 Å². The molecule has 1 unspecified atom stereocenters. The summed E-state index contributed by atoms with van der Waals surface area (Å²) < 4.78 is 0. The van der Waals surface area contributed by atoms with Gasteiger partial charge in [0.05, 0.1) is 0 Å². The molecule has 4 nitrogen and oxygen atoms in total. The second kappa shape index (κ2) is 4.69. The summed E-state index contributed by atoms with van der Waals surface area (Å²) in [5.41, 5.74) is 0. The molecule has 0 aromatic rings. The highest BCUT2D eigenvalue weighted by molar-refractivity contribution is 8.00. The van der Waals surface area contributed by atoms with Crippen LogP contribution in [0.15, 0.2) is 0 Å². The Kier molecular flexibility index (Phi) is 3.84. The van der Waals surface area contributed by atoms with Gasteiger partial charge >= 0.3 is 5.97 Å². The average Bonchev–Trinajstić information content (AvgIpc) is 2.52. The smallest absolute Gasteiger partial charge is 0.298 e. The summed E-state index contributed by atoms with van der Waals surface area (Å²) in [6, 6.07) is 0. The van der Waals surface area contributed by atoms with Crippen molar-refractivity contribution in [2.75, 3.05) is 18.8 Å². The van der Waals surface area contributed by atoms with E-state index in [2.05, 4.69) is 11.8 Å². The van der Waals surface area contributed by atoms with Crippen LogP contribution in [0.2, 0.25) is 0 Å². The van der Waals surface area contributed by atoms with Gasteiger partial charge in [-0.25, -0.2) is 4.79 Å². The molecule has 1 rings (SSSR count). The van der Waals surface area contributed by atoms with Crippen LogP contribution in [0.4, 0.5) is 0 Å². The Labute approximate surface area is 75.8 Å². The number of rotatable bonds is 3. The lowest BCUT2D eigenvalue weighted by molar-refractivity contribution is -0.236. The highest BCUT2D eigenvalue weighted by Crippen LogP contribution is 2.24. The first-order valence-electron chi connectivity index (χ1n) is 4.00. The third-order valence-corrected chi connectivity index (χ3v) is 3.01. The number of hydrogen-bond donors (Lipinski definition) is 1. The van der Waals surface area contributed by atoms with Crippen molar-refractivity contribution in [3.8, 4) is 0 Å². The van der Waals surface area contributed by atoms with E-state index in [-0.39, 0.29) is 5.37 Å². The number of thioether (sulfide) groups is 1. The Morgan fingerprint density at radius 3 is 3.17 bits per heavy atom. The largest absolute Gasteiger partial charge is 0.369 e. The molecule has 0 saturated carbocycles. The van der Waals surface area contributed by atoms with E-state index in [1.54, 1.807) is 0 Å². The quantitative estimate of drug-likeness (QED) is 0.528. The number of hydrogen-bond acceptors (Lipinski definition) is 5. The van der Waals surface area contributed by atoms with Crippen molar-refractivity contribution >= 4 is 17.7 Å². The summed E-state index contributed by atoms with van der Waals surface area (Å²) in [6.45, 7) is 3.84. The number of carbonyl (C=O) groups excluding carboxylic acids is 1. The highest BCUT2D eigenvalue weighted by Gasteiger charge is 2.32. The van der Waals surface area contributed by atoms with Crippen molar-refractivity contribution in [1.82, 2.24) is 4.90 Å². The van der Waals surface area contributed by atoms with Gasteiger partial charge in [0, 0.05) is 12.3 Å². The average molecular weight is 191 g/mol. The Bertz CT molecular complexity index is 165. The highest BCUT2D eigenvalue weighted by atomic mass is 32.2. The molecular weight excluding hydrogens is 178 g/mol. The van der Waals surface area contributed by atoms with Crippen LogP contribution in [0.1, 0.15) is 13.3 Å². The fourth-order valence-corrected chi connectivity index (χ4v) is 2.45. The predicted molar refractivity (Wildman–Crippen MR) is 46.8 cm³/mol. The maximum absolute atomic E-state index is 11.0. The molecule has 1 aliphatic rings. The summed E-state index contributed by atoms with van der Waals surface area (Å²) in [5, 5.41) is 7.90. The second-order valence-electron chi connectivity index (χ2n) is 2.67. The van der Waals surface area contributed by atoms with Gasteiger partial charge in [0.2, 0.25) is 0 Å². The number of carbonyl (C=O) groups is 1. The Balaban J connectivity index is 2.45. The van der Waals surface area contributed by atoms with E-state index in [4.69, 9.17) is 5.26 Å². The fourth-order valence-electron chi connectivity index (χ4n) is 1.28. The molecule has 0 aromatic heterocycles. The van der Waals surface area contributed by atoms with Gasteiger partial charge in [-0.3, -0.25) is 9.79 Å². The molecule has 1 saturated heterocycles. The van der Waals surface area contributed by atoms with Gasteiger partial charge in [-0.05, 0) is 13.0 Å². The Morgan fingerprint density at radius 2 is 2.58 bits per heavy atom. The lowest BCUT2D eigenvalue weighted by atomic mass is 10.4. The molecule has 5 heteroatoms. The van der Waals surface area contributed by atoms with E-state index in [9.17, 15) is 4.79 Å². The summed E-state index contributed by atoms with van der Waals surface area (Å²) >= 11 is 1.51. The van der Waals surface area contributed by atoms with Crippen molar-refractivity contribution in [3.05, 3.63) is 0 Å². The van der Waals surface area contributed by atoms with E-state index in [1.807, 2.05) is 4.90 Å². The molecule has 1 aliphatic heterocycles. The van der Waals surface area contributed by atoms with Crippen LogP contribution >= 0.6 is 11.8 Å². The summed E-state index contributed by atoms with van der Waals surface area (Å²) in [6.07, 6.45) is 1.01. The van der Waals surface area contributed by atoms with Gasteiger partial charge in [-0.2, -0.15) is 5.26 Å². The zero-order valence-electron chi connectivity index (χ0n) is 7.02. The molecule has 1 fully saturated rings. The Morgan fingerprint density at radius 1 is 1.83 bits per heavy atom. The van der Waals surface area contributed by atoms with E-state index in [1.165, 1.54) is 11.8 Å². The van der Waals surface area contributed by atoms with E-state index in [0.29, 0.717) is 0 Å². The van der Waals surface area contributed by atoms with Crippen molar-refractivity contribution in [3.63, 3.8) is 0 Å². The summed E-state index contributed by atoms with van der Waals surface area (Å²) in [7, 11) is 0. The lowest BCUT2D eigenvalue weighted by Crippen LogP contribution is -2.35. The van der Waals surface area contributed by atoms with E-state index in [0.717, 1.165) is 25.3 Å². The van der Waals surface area contributed by atoms with Crippen molar-refractivity contribution in [1.29, 1.82) is 0 Å². The van der Waals surface area contributed by atoms with Gasteiger partial charge < -0.3 is 0 Å². The first kappa shape index (κ1) is 9.83. The van der Waals surface area contributed by atoms with Gasteiger partial charge in [0.1, 0.15) is 0 Å². The normalized spacial score (nSPS) is 24.3. The topological polar surface area (TPSA) is 49.8 Å². The molecule has 12 heavy (non-hydrogen) atoms. The van der Waals surface area contributed by atoms with E-state index >= 15 is 0 Å². The maximum atomic E-state index is 11.0. The standard InChI is InChI=1S/C7H13NO3S/c1-2-3-8-4-5-12-6(8)7(9)11-10/h6,10H,2-5H2,1H3. The van der Waals surface area contributed by atoms with Gasteiger partial charge in [-0.1, -0.05) is 6.92 Å². The van der Waals surface area contributed by atoms with Crippen molar-refractivity contribution < 1.29 is 14.9 Å². The maximum Gasteiger partial charge on any atom is 0.369 e. The molecule has 70 valence electrons. The SMILES string of the molecule is CCCN1CCSC1C(=O)OO. The van der Waals surface area contributed by atoms with Crippen LogP contribution in [0, 0.1) is 0 Å². The third-order valence-electron chi connectivity index (χ3n) is 1.79. The molecule has 0 aromatic carbocycles. The number of nitrogens with zero attached hydrogens (tertiary/aromatic N) is 1. The summed E-state index contributed by atoms with van der Waals surface area (Å²) in [4.78, 5) is 16.7. The predicted octanol–water partition coefficient (Wildman–Crippen LogP) is 0.788. The third kappa shape index (κ3) is 2.12. The second-order valence-corrected chi connectivity index (χ2v) is 3.86. The monoisotopic (exact) mass is 191 g/mol. The molecule has 1 heterocycles. The molecule has 1 N–H and O–H groups in total. The zero-order valence-corrected chi connectivity index (χ0v) is 7.84. The molecule has 0 radical (unpaired) electrons. The lowest BCUT2D eigenvalue weighted by Gasteiger charge is -2.19. The van der Waals surface area contributed by atoms with Gasteiger partial charge in [0.15, 0.2) is 5.37 Å². The zero-order chi connectivity index (χ0) is 8.97.